The van der Waals surface area contributed by atoms with E-state index in [0.29, 0.717) is 5.76 Å². The second kappa shape index (κ2) is 3.91. The molecular formula is C10H8N2O3. The lowest BCUT2D eigenvalue weighted by Gasteiger charge is -1.93. The maximum absolute atomic E-state index is 11.1. The third kappa shape index (κ3) is 1.85. The van der Waals surface area contributed by atoms with Gasteiger partial charge in [-0.15, -0.1) is 0 Å². The summed E-state index contributed by atoms with van der Waals surface area (Å²) in [5.74, 6) is -0.127. The Morgan fingerprint density at radius 2 is 2.13 bits per heavy atom. The molecule has 5 nitrogen and oxygen atoms in total. The second-order valence-electron chi connectivity index (χ2n) is 2.76. The van der Waals surface area contributed by atoms with Crippen LogP contribution >= 0.6 is 0 Å². The van der Waals surface area contributed by atoms with Gasteiger partial charge < -0.3 is 9.15 Å². The van der Waals surface area contributed by atoms with Crippen LogP contribution in [0.1, 0.15) is 10.7 Å². The number of ether oxygens (including phenoxy) is 1. The Labute approximate surface area is 85.7 Å². The molecule has 0 saturated carbocycles. The van der Waals surface area contributed by atoms with Crippen molar-refractivity contribution < 1.29 is 13.9 Å². The number of esters is 1. The van der Waals surface area contributed by atoms with Gasteiger partial charge >= 0.3 is 11.9 Å². The normalized spacial score (nSPS) is 9.93. The van der Waals surface area contributed by atoms with Crippen LogP contribution in [0.15, 0.2) is 35.1 Å². The van der Waals surface area contributed by atoms with Crippen molar-refractivity contribution in [2.75, 3.05) is 7.11 Å². The molecule has 0 radical (unpaired) electrons. The summed E-state index contributed by atoms with van der Waals surface area (Å²) in [7, 11) is 1.28. The molecule has 0 atom stereocenters. The lowest BCUT2D eigenvalue weighted by Crippen LogP contribution is -2.00. The molecule has 15 heavy (non-hydrogen) atoms. The van der Waals surface area contributed by atoms with E-state index in [0.717, 1.165) is 5.56 Å². The number of oxazole rings is 1. The van der Waals surface area contributed by atoms with Crippen molar-refractivity contribution in [3.05, 3.63) is 36.6 Å². The molecule has 0 aliphatic rings. The number of hydrogen-bond donors (Lipinski definition) is 0. The summed E-state index contributed by atoms with van der Waals surface area (Å²) < 4.78 is 9.69. The average Bonchev–Trinajstić information content (AvgIpc) is 2.78. The number of carbonyl (C=O) groups is 1. The molecule has 2 aromatic rings. The van der Waals surface area contributed by atoms with Crippen molar-refractivity contribution in [3.63, 3.8) is 0 Å². The molecule has 76 valence electrons. The van der Waals surface area contributed by atoms with Crippen LogP contribution in [0.2, 0.25) is 0 Å². The van der Waals surface area contributed by atoms with Gasteiger partial charge in [0.25, 0.3) is 0 Å². The molecule has 0 bridgehead atoms. The summed E-state index contributed by atoms with van der Waals surface area (Å²) in [6.45, 7) is 0. The van der Waals surface area contributed by atoms with Gasteiger partial charge in [-0.3, -0.25) is 4.98 Å². The molecule has 0 aromatic carbocycles. The molecule has 0 saturated heterocycles. The molecule has 0 amide bonds. The van der Waals surface area contributed by atoms with Gasteiger partial charge in [-0.2, -0.15) is 0 Å². The van der Waals surface area contributed by atoms with Gasteiger partial charge in [0.15, 0.2) is 5.76 Å². The summed E-state index contributed by atoms with van der Waals surface area (Å²) in [5, 5.41) is 0. The van der Waals surface area contributed by atoms with E-state index < -0.39 is 5.97 Å². The third-order valence-corrected chi connectivity index (χ3v) is 1.83. The number of nitrogens with zero attached hydrogens (tertiary/aromatic N) is 2. The van der Waals surface area contributed by atoms with Gasteiger partial charge in [-0.1, -0.05) is 0 Å². The first kappa shape index (κ1) is 9.39. The predicted molar refractivity (Wildman–Crippen MR) is 51.1 cm³/mol. The van der Waals surface area contributed by atoms with Gasteiger partial charge in [0.2, 0.25) is 0 Å². The van der Waals surface area contributed by atoms with Gasteiger partial charge in [0.1, 0.15) is 0 Å². The number of aromatic nitrogens is 2. The highest BCUT2D eigenvalue weighted by molar-refractivity contribution is 5.84. The molecule has 0 fully saturated rings. The van der Waals surface area contributed by atoms with Gasteiger partial charge in [0, 0.05) is 18.0 Å². The van der Waals surface area contributed by atoms with Crippen LogP contribution in [-0.4, -0.2) is 23.0 Å². The van der Waals surface area contributed by atoms with Crippen molar-refractivity contribution in [1.82, 2.24) is 9.97 Å². The molecule has 0 N–H and O–H groups in total. The Morgan fingerprint density at radius 3 is 2.80 bits per heavy atom. The molecular weight excluding hydrogens is 196 g/mol. The molecule has 2 heterocycles. The van der Waals surface area contributed by atoms with Crippen LogP contribution in [0.4, 0.5) is 0 Å². The van der Waals surface area contributed by atoms with Gasteiger partial charge in [-0.25, -0.2) is 9.78 Å². The Kier molecular flexibility index (Phi) is 2.45. The summed E-state index contributed by atoms with van der Waals surface area (Å²) in [6, 6.07) is 3.53. The standard InChI is InChI=1S/C10H8N2O3/c1-14-10(13)9-12-6-8(15-9)7-2-4-11-5-3-7/h2-6H,1H3. The zero-order chi connectivity index (χ0) is 10.7. The van der Waals surface area contributed by atoms with Crippen LogP contribution in [-0.2, 0) is 4.74 Å². The van der Waals surface area contributed by atoms with E-state index in [1.54, 1.807) is 24.5 Å². The van der Waals surface area contributed by atoms with Crippen molar-refractivity contribution in [2.45, 2.75) is 0 Å². The first-order valence-corrected chi connectivity index (χ1v) is 4.26. The summed E-state index contributed by atoms with van der Waals surface area (Å²) >= 11 is 0. The Bertz CT molecular complexity index is 465. The summed E-state index contributed by atoms with van der Waals surface area (Å²) in [5.41, 5.74) is 0.813. The molecule has 0 aliphatic carbocycles. The fourth-order valence-corrected chi connectivity index (χ4v) is 1.11. The minimum atomic E-state index is -0.588. The summed E-state index contributed by atoms with van der Waals surface area (Å²) in [6.07, 6.45) is 4.74. The fraction of sp³-hybridized carbons (Fsp3) is 0.100. The first-order valence-electron chi connectivity index (χ1n) is 4.26. The van der Waals surface area contributed by atoms with E-state index in [9.17, 15) is 4.79 Å². The minimum Gasteiger partial charge on any atom is -0.462 e. The topological polar surface area (TPSA) is 65.2 Å². The fourth-order valence-electron chi connectivity index (χ4n) is 1.11. The van der Waals surface area contributed by atoms with Gasteiger partial charge in [-0.05, 0) is 12.1 Å². The predicted octanol–water partition coefficient (Wildman–Crippen LogP) is 1.52. The number of rotatable bonds is 2. The zero-order valence-corrected chi connectivity index (χ0v) is 8.01. The Balaban J connectivity index is 2.32. The molecule has 0 aliphatic heterocycles. The SMILES string of the molecule is COC(=O)c1ncc(-c2ccncc2)o1. The van der Waals surface area contributed by atoms with Crippen molar-refractivity contribution in [1.29, 1.82) is 0 Å². The van der Waals surface area contributed by atoms with Gasteiger partial charge in [0.05, 0.1) is 13.3 Å². The summed E-state index contributed by atoms with van der Waals surface area (Å²) in [4.78, 5) is 18.7. The number of hydrogen-bond acceptors (Lipinski definition) is 5. The number of pyridine rings is 1. The molecule has 0 spiro atoms. The molecule has 0 unspecified atom stereocenters. The Morgan fingerprint density at radius 1 is 1.40 bits per heavy atom. The van der Waals surface area contributed by atoms with Crippen LogP contribution in [0.5, 0.6) is 0 Å². The second-order valence-corrected chi connectivity index (χ2v) is 2.76. The maximum Gasteiger partial charge on any atom is 0.394 e. The van der Waals surface area contributed by atoms with E-state index >= 15 is 0 Å². The number of methoxy groups -OCH3 is 1. The molecule has 2 aromatic heterocycles. The molecule has 5 heteroatoms. The highest BCUT2D eigenvalue weighted by atomic mass is 16.5. The van der Waals surface area contributed by atoms with Crippen LogP contribution in [0.25, 0.3) is 11.3 Å². The highest BCUT2D eigenvalue weighted by Crippen LogP contribution is 2.19. The van der Waals surface area contributed by atoms with E-state index in [2.05, 4.69) is 14.7 Å². The quantitative estimate of drug-likeness (QED) is 0.694. The van der Waals surface area contributed by atoms with Crippen molar-refractivity contribution in [3.8, 4) is 11.3 Å². The third-order valence-electron chi connectivity index (χ3n) is 1.83. The highest BCUT2D eigenvalue weighted by Gasteiger charge is 2.13. The van der Waals surface area contributed by atoms with E-state index in [1.165, 1.54) is 13.3 Å². The van der Waals surface area contributed by atoms with Crippen LogP contribution in [0.3, 0.4) is 0 Å². The van der Waals surface area contributed by atoms with Crippen molar-refractivity contribution in [2.24, 2.45) is 0 Å². The minimum absolute atomic E-state index is 0.0516. The maximum atomic E-state index is 11.1. The van der Waals surface area contributed by atoms with Crippen LogP contribution in [0, 0.1) is 0 Å². The average molecular weight is 204 g/mol. The largest absolute Gasteiger partial charge is 0.462 e. The van der Waals surface area contributed by atoms with E-state index in [-0.39, 0.29) is 5.89 Å². The lowest BCUT2D eigenvalue weighted by atomic mass is 10.2. The zero-order valence-electron chi connectivity index (χ0n) is 8.01. The van der Waals surface area contributed by atoms with E-state index in [1.807, 2.05) is 0 Å². The monoisotopic (exact) mass is 204 g/mol. The lowest BCUT2D eigenvalue weighted by molar-refractivity contribution is 0.0557. The smallest absolute Gasteiger partial charge is 0.394 e. The van der Waals surface area contributed by atoms with Crippen LogP contribution < -0.4 is 0 Å². The number of carbonyl (C=O) groups excluding carboxylic acids is 1. The first-order chi connectivity index (χ1) is 7.31. The van der Waals surface area contributed by atoms with Crippen molar-refractivity contribution >= 4 is 5.97 Å². The molecule has 2 rings (SSSR count). The van der Waals surface area contributed by atoms with E-state index in [4.69, 9.17) is 4.42 Å². The Hall–Kier alpha value is -2.17.